The molecule has 7 nitrogen and oxygen atoms in total. The zero-order chi connectivity index (χ0) is 17.7. The number of amides is 1. The number of carboxylic acids is 1. The molecule has 24 heavy (non-hydrogen) atoms. The summed E-state index contributed by atoms with van der Waals surface area (Å²) in [6, 6.07) is 5.94. The van der Waals surface area contributed by atoms with E-state index in [9.17, 15) is 18.0 Å². The highest BCUT2D eigenvalue weighted by atomic mass is 32.2. The number of rotatable bonds is 6. The van der Waals surface area contributed by atoms with Crippen LogP contribution in [0.3, 0.4) is 0 Å². The molecule has 0 spiro atoms. The van der Waals surface area contributed by atoms with Crippen molar-refractivity contribution in [1.29, 1.82) is 0 Å². The lowest BCUT2D eigenvalue weighted by atomic mass is 10.0. The van der Waals surface area contributed by atoms with Crippen molar-refractivity contribution in [2.45, 2.75) is 37.5 Å². The fourth-order valence-corrected chi connectivity index (χ4v) is 4.00. The molecule has 1 aliphatic rings. The van der Waals surface area contributed by atoms with Crippen LogP contribution in [-0.2, 0) is 19.6 Å². The van der Waals surface area contributed by atoms with Crippen LogP contribution in [0.15, 0.2) is 29.2 Å². The SMILES string of the molecule is CC1CCN(S(=O)(=O)c2ccc(NC(=O)CCC(=O)O)cc2)CC1. The molecule has 1 fully saturated rings. The zero-order valence-corrected chi connectivity index (χ0v) is 14.4. The monoisotopic (exact) mass is 354 g/mol. The molecule has 0 aliphatic carbocycles. The highest BCUT2D eigenvalue weighted by Crippen LogP contribution is 2.24. The normalized spacial score (nSPS) is 16.7. The van der Waals surface area contributed by atoms with Crippen molar-refractivity contribution < 1.29 is 23.1 Å². The summed E-state index contributed by atoms with van der Waals surface area (Å²) >= 11 is 0. The van der Waals surface area contributed by atoms with Gasteiger partial charge in [0, 0.05) is 25.2 Å². The van der Waals surface area contributed by atoms with Gasteiger partial charge in [0.05, 0.1) is 11.3 Å². The first-order chi connectivity index (χ1) is 11.3. The second kappa shape index (κ2) is 7.76. The van der Waals surface area contributed by atoms with Crippen molar-refractivity contribution in [2.24, 2.45) is 5.92 Å². The van der Waals surface area contributed by atoms with Crippen molar-refractivity contribution >= 4 is 27.6 Å². The van der Waals surface area contributed by atoms with E-state index < -0.39 is 21.9 Å². The number of aliphatic carboxylic acids is 1. The van der Waals surface area contributed by atoms with Gasteiger partial charge in [0.1, 0.15) is 0 Å². The third kappa shape index (κ3) is 4.78. The maximum Gasteiger partial charge on any atom is 0.303 e. The highest BCUT2D eigenvalue weighted by Gasteiger charge is 2.27. The Balaban J connectivity index is 2.00. The first kappa shape index (κ1) is 18.4. The van der Waals surface area contributed by atoms with Crippen molar-refractivity contribution in [3.8, 4) is 0 Å². The third-order valence-electron chi connectivity index (χ3n) is 4.08. The van der Waals surface area contributed by atoms with Gasteiger partial charge in [0.2, 0.25) is 15.9 Å². The number of hydrogen-bond acceptors (Lipinski definition) is 4. The van der Waals surface area contributed by atoms with E-state index in [2.05, 4.69) is 12.2 Å². The maximum absolute atomic E-state index is 12.6. The first-order valence-corrected chi connectivity index (χ1v) is 9.35. The number of carbonyl (C=O) groups excluding carboxylic acids is 1. The van der Waals surface area contributed by atoms with Gasteiger partial charge >= 0.3 is 5.97 Å². The lowest BCUT2D eigenvalue weighted by Crippen LogP contribution is -2.37. The third-order valence-corrected chi connectivity index (χ3v) is 6.00. The number of carbonyl (C=O) groups is 2. The minimum atomic E-state index is -3.51. The Morgan fingerprint density at radius 3 is 2.29 bits per heavy atom. The average molecular weight is 354 g/mol. The molecule has 132 valence electrons. The number of sulfonamides is 1. The molecule has 0 saturated carbocycles. The smallest absolute Gasteiger partial charge is 0.303 e. The van der Waals surface area contributed by atoms with Crippen LogP contribution >= 0.6 is 0 Å². The minimum Gasteiger partial charge on any atom is -0.481 e. The maximum atomic E-state index is 12.6. The molecule has 2 N–H and O–H groups in total. The van der Waals surface area contributed by atoms with Crippen LogP contribution in [-0.4, -0.2) is 42.8 Å². The Kier molecular flexibility index (Phi) is 5.95. The molecule has 0 radical (unpaired) electrons. The second-order valence-corrected chi connectivity index (χ2v) is 7.99. The summed E-state index contributed by atoms with van der Waals surface area (Å²) in [4.78, 5) is 22.2. The van der Waals surface area contributed by atoms with Gasteiger partial charge in [-0.15, -0.1) is 0 Å². The van der Waals surface area contributed by atoms with Crippen molar-refractivity contribution in [3.63, 3.8) is 0 Å². The van der Waals surface area contributed by atoms with Crippen LogP contribution in [0, 0.1) is 5.92 Å². The van der Waals surface area contributed by atoms with Crippen molar-refractivity contribution in [1.82, 2.24) is 4.31 Å². The predicted molar refractivity (Wildman–Crippen MR) is 89.1 cm³/mol. The highest BCUT2D eigenvalue weighted by molar-refractivity contribution is 7.89. The molecule has 1 aromatic carbocycles. The van der Waals surface area contributed by atoms with Crippen molar-refractivity contribution in [3.05, 3.63) is 24.3 Å². The summed E-state index contributed by atoms with van der Waals surface area (Å²) in [7, 11) is -3.51. The zero-order valence-electron chi connectivity index (χ0n) is 13.6. The van der Waals surface area contributed by atoms with Gasteiger partial charge in [-0.25, -0.2) is 8.42 Å². The Morgan fingerprint density at radius 1 is 1.17 bits per heavy atom. The molecular formula is C16H22N2O5S. The van der Waals surface area contributed by atoms with E-state index in [0.29, 0.717) is 24.7 Å². The summed E-state index contributed by atoms with van der Waals surface area (Å²) < 4.78 is 26.6. The van der Waals surface area contributed by atoms with Gasteiger partial charge in [0.15, 0.2) is 0 Å². The summed E-state index contributed by atoms with van der Waals surface area (Å²) in [6.07, 6.45) is 1.35. The molecule has 1 saturated heterocycles. The molecule has 1 heterocycles. The van der Waals surface area contributed by atoms with Crippen LogP contribution in [0.2, 0.25) is 0 Å². The Hall–Kier alpha value is -1.93. The predicted octanol–water partition coefficient (Wildman–Crippen LogP) is 1.91. The molecule has 1 aromatic rings. The van der Waals surface area contributed by atoms with Gasteiger partial charge in [-0.3, -0.25) is 9.59 Å². The summed E-state index contributed by atoms with van der Waals surface area (Å²) in [5, 5.41) is 11.1. The molecule has 0 aromatic heterocycles. The molecule has 0 unspecified atom stereocenters. The van der Waals surface area contributed by atoms with Gasteiger partial charge in [-0.05, 0) is 43.0 Å². The van der Waals surface area contributed by atoms with E-state index in [4.69, 9.17) is 5.11 Å². The van der Waals surface area contributed by atoms with E-state index in [1.807, 2.05) is 0 Å². The van der Waals surface area contributed by atoms with Crippen LogP contribution < -0.4 is 5.32 Å². The molecule has 1 amide bonds. The fourth-order valence-electron chi connectivity index (χ4n) is 2.53. The van der Waals surface area contributed by atoms with Gasteiger partial charge in [0.25, 0.3) is 0 Å². The number of anilines is 1. The Bertz CT molecular complexity index is 692. The fraction of sp³-hybridized carbons (Fsp3) is 0.500. The quantitative estimate of drug-likeness (QED) is 0.812. The lowest BCUT2D eigenvalue weighted by molar-refractivity contribution is -0.138. The lowest BCUT2D eigenvalue weighted by Gasteiger charge is -2.29. The average Bonchev–Trinajstić information content (AvgIpc) is 2.54. The van der Waals surface area contributed by atoms with Crippen LogP contribution in [0.4, 0.5) is 5.69 Å². The molecule has 0 atom stereocenters. The summed E-state index contributed by atoms with van der Waals surface area (Å²) in [5.41, 5.74) is 0.441. The van der Waals surface area contributed by atoms with Crippen LogP contribution in [0.5, 0.6) is 0 Å². The molecular weight excluding hydrogens is 332 g/mol. The minimum absolute atomic E-state index is 0.124. The van der Waals surface area contributed by atoms with Crippen LogP contribution in [0.25, 0.3) is 0 Å². The molecule has 2 rings (SSSR count). The number of nitrogens with one attached hydrogen (secondary N) is 1. The van der Waals surface area contributed by atoms with E-state index >= 15 is 0 Å². The van der Waals surface area contributed by atoms with Crippen molar-refractivity contribution in [2.75, 3.05) is 18.4 Å². The second-order valence-electron chi connectivity index (χ2n) is 6.05. The Labute approximate surface area is 141 Å². The first-order valence-electron chi connectivity index (χ1n) is 7.91. The number of benzene rings is 1. The van der Waals surface area contributed by atoms with E-state index in [1.54, 1.807) is 0 Å². The summed E-state index contributed by atoms with van der Waals surface area (Å²) in [5.74, 6) is -0.916. The number of hydrogen-bond donors (Lipinski definition) is 2. The molecule has 1 aliphatic heterocycles. The van der Waals surface area contributed by atoms with E-state index in [-0.39, 0.29) is 17.7 Å². The number of piperidine rings is 1. The standard InChI is InChI=1S/C16H22N2O5S/c1-12-8-10-18(11-9-12)24(22,23)14-4-2-13(3-5-14)17-15(19)6-7-16(20)21/h2-5,12H,6-11H2,1H3,(H,17,19)(H,20,21). The molecule has 0 bridgehead atoms. The number of nitrogens with zero attached hydrogens (tertiary/aromatic N) is 1. The van der Waals surface area contributed by atoms with E-state index in [1.165, 1.54) is 28.6 Å². The number of carboxylic acid groups (broad SMARTS) is 1. The Morgan fingerprint density at radius 2 is 1.75 bits per heavy atom. The van der Waals surface area contributed by atoms with Gasteiger partial charge < -0.3 is 10.4 Å². The summed E-state index contributed by atoms with van der Waals surface area (Å²) in [6.45, 7) is 3.17. The van der Waals surface area contributed by atoms with Crippen LogP contribution in [0.1, 0.15) is 32.6 Å². The van der Waals surface area contributed by atoms with Gasteiger partial charge in [-0.1, -0.05) is 6.92 Å². The largest absolute Gasteiger partial charge is 0.481 e. The molecule has 8 heteroatoms. The topological polar surface area (TPSA) is 104 Å². The van der Waals surface area contributed by atoms with E-state index in [0.717, 1.165) is 12.8 Å². The van der Waals surface area contributed by atoms with Gasteiger partial charge in [-0.2, -0.15) is 4.31 Å².